The van der Waals surface area contributed by atoms with Gasteiger partial charge in [-0.25, -0.2) is 4.39 Å². The van der Waals surface area contributed by atoms with Gasteiger partial charge in [-0.2, -0.15) is 52.7 Å². The fraction of sp³-hybridized carbons (Fsp3) is 0.950. The third kappa shape index (κ3) is 6.11. The lowest BCUT2D eigenvalue weighted by Gasteiger charge is -2.41. The summed E-state index contributed by atoms with van der Waals surface area (Å²) in [4.78, 5) is 12.5. The first kappa shape index (κ1) is 33.6. The SMILES string of the molecule is CCC(C)(C)CC(C(=O)OCC(F)(F)C(F)(F)C(F)(F)C(F)(C(F)(F)F)C(F)(F)F)C(C)(C)CC. The van der Waals surface area contributed by atoms with Gasteiger partial charge in [0.1, 0.15) is 0 Å². The van der Waals surface area contributed by atoms with Gasteiger partial charge in [0.15, 0.2) is 6.61 Å². The summed E-state index contributed by atoms with van der Waals surface area (Å²) in [5.41, 5.74) is -9.70. The van der Waals surface area contributed by atoms with E-state index < -0.39 is 65.1 Å². The average molecular weight is 546 g/mol. The minimum Gasteiger partial charge on any atom is -0.459 e. The van der Waals surface area contributed by atoms with Crippen molar-refractivity contribution in [1.29, 1.82) is 0 Å². The molecular formula is C20H27F13O2. The molecule has 0 saturated heterocycles. The highest BCUT2D eigenvalue weighted by molar-refractivity contribution is 5.73. The van der Waals surface area contributed by atoms with Gasteiger partial charge in [0.2, 0.25) is 0 Å². The molecule has 0 aromatic rings. The largest absolute Gasteiger partial charge is 0.459 e. The fourth-order valence-electron chi connectivity index (χ4n) is 2.94. The normalized spacial score (nSPS) is 16.3. The summed E-state index contributed by atoms with van der Waals surface area (Å²) in [6, 6.07) is 0. The van der Waals surface area contributed by atoms with Crippen LogP contribution in [0.2, 0.25) is 0 Å². The maximum absolute atomic E-state index is 14.0. The topological polar surface area (TPSA) is 26.3 Å². The minimum atomic E-state index is -8.04. The van der Waals surface area contributed by atoms with Gasteiger partial charge < -0.3 is 4.74 Å². The number of hydrogen-bond donors (Lipinski definition) is 0. The molecule has 0 rings (SSSR count). The Morgan fingerprint density at radius 1 is 0.686 bits per heavy atom. The van der Waals surface area contributed by atoms with Crippen molar-refractivity contribution >= 4 is 5.97 Å². The Hall–Kier alpha value is -1.44. The lowest BCUT2D eigenvalue weighted by atomic mass is 9.68. The highest BCUT2D eigenvalue weighted by Gasteiger charge is 2.93. The maximum atomic E-state index is 14.0. The van der Waals surface area contributed by atoms with Crippen LogP contribution in [0.3, 0.4) is 0 Å². The van der Waals surface area contributed by atoms with Crippen LogP contribution >= 0.6 is 0 Å². The van der Waals surface area contributed by atoms with E-state index >= 15 is 0 Å². The van der Waals surface area contributed by atoms with Gasteiger partial charge in [0.05, 0.1) is 5.92 Å². The molecule has 0 aliphatic rings. The Morgan fingerprint density at radius 3 is 1.40 bits per heavy atom. The molecule has 0 bridgehead atoms. The number of esters is 1. The van der Waals surface area contributed by atoms with E-state index in [4.69, 9.17) is 0 Å². The van der Waals surface area contributed by atoms with Crippen LogP contribution in [-0.2, 0) is 9.53 Å². The summed E-state index contributed by atoms with van der Waals surface area (Å²) in [7, 11) is 0. The standard InChI is InChI=1S/C20H27F13O2/c1-7-13(3,4)9-11(14(5,6)8-2)12(34)35-10-15(21,22)17(24,25)18(26,27)16(23,19(28,29)30)20(31,32)33/h11H,7-10H2,1-6H3. The summed E-state index contributed by atoms with van der Waals surface area (Å²) in [5.74, 6) is -25.1. The van der Waals surface area contributed by atoms with Crippen LogP contribution < -0.4 is 0 Å². The van der Waals surface area contributed by atoms with Crippen molar-refractivity contribution in [3.63, 3.8) is 0 Å². The third-order valence-electron chi connectivity index (χ3n) is 6.32. The number of alkyl halides is 13. The van der Waals surface area contributed by atoms with E-state index in [0.717, 1.165) is 0 Å². The Kier molecular flexibility index (Phi) is 9.39. The number of ether oxygens (including phenoxy) is 1. The minimum absolute atomic E-state index is 0.0724. The van der Waals surface area contributed by atoms with E-state index in [1.165, 1.54) is 13.8 Å². The van der Waals surface area contributed by atoms with Gasteiger partial charge in [-0.1, -0.05) is 54.4 Å². The Bertz CT molecular complexity index is 722. The molecule has 1 unspecified atom stereocenters. The fourth-order valence-corrected chi connectivity index (χ4v) is 2.94. The van der Waals surface area contributed by atoms with Crippen molar-refractivity contribution in [3.8, 4) is 0 Å². The first-order valence-corrected chi connectivity index (χ1v) is 10.2. The second-order valence-electron chi connectivity index (χ2n) is 9.73. The van der Waals surface area contributed by atoms with Crippen LogP contribution in [0.4, 0.5) is 57.1 Å². The van der Waals surface area contributed by atoms with Crippen molar-refractivity contribution in [2.45, 2.75) is 96.6 Å². The lowest BCUT2D eigenvalue weighted by molar-refractivity contribution is -0.445. The van der Waals surface area contributed by atoms with Gasteiger partial charge in [0, 0.05) is 0 Å². The highest BCUT2D eigenvalue weighted by atomic mass is 19.4. The predicted octanol–water partition coefficient (Wildman–Crippen LogP) is 8.15. The van der Waals surface area contributed by atoms with Gasteiger partial charge in [-0.15, -0.1) is 0 Å². The summed E-state index contributed by atoms with van der Waals surface area (Å²) in [6.07, 6.45) is -14.9. The molecule has 0 N–H and O–H groups in total. The molecule has 1 atom stereocenters. The second-order valence-corrected chi connectivity index (χ2v) is 9.73. The van der Waals surface area contributed by atoms with E-state index in [1.807, 2.05) is 0 Å². The third-order valence-corrected chi connectivity index (χ3v) is 6.32. The van der Waals surface area contributed by atoms with E-state index in [-0.39, 0.29) is 12.8 Å². The maximum Gasteiger partial charge on any atom is 0.438 e. The molecule has 15 heteroatoms. The van der Waals surface area contributed by atoms with Crippen molar-refractivity contribution in [3.05, 3.63) is 0 Å². The molecular weight excluding hydrogens is 519 g/mol. The van der Waals surface area contributed by atoms with Crippen LogP contribution in [0, 0.1) is 16.7 Å². The molecule has 0 fully saturated rings. The molecule has 0 heterocycles. The average Bonchev–Trinajstić information content (AvgIpc) is 2.67. The molecule has 0 aliphatic heterocycles. The van der Waals surface area contributed by atoms with Gasteiger partial charge in [-0.05, 0) is 17.3 Å². The van der Waals surface area contributed by atoms with Crippen LogP contribution in [0.1, 0.15) is 60.8 Å². The Balaban J connectivity index is 6.25. The van der Waals surface area contributed by atoms with Gasteiger partial charge in [-0.3, -0.25) is 4.79 Å². The van der Waals surface area contributed by atoms with Gasteiger partial charge in [0.25, 0.3) is 0 Å². The number of hydrogen-bond acceptors (Lipinski definition) is 2. The monoisotopic (exact) mass is 546 g/mol. The lowest BCUT2D eigenvalue weighted by Crippen LogP contribution is -2.73. The molecule has 0 aromatic carbocycles. The van der Waals surface area contributed by atoms with Gasteiger partial charge >= 0.3 is 41.8 Å². The van der Waals surface area contributed by atoms with Crippen LogP contribution in [0.25, 0.3) is 0 Å². The molecule has 0 saturated carbocycles. The quantitative estimate of drug-likeness (QED) is 0.193. The molecule has 0 amide bonds. The van der Waals surface area contributed by atoms with Crippen LogP contribution in [0.5, 0.6) is 0 Å². The second kappa shape index (κ2) is 9.79. The van der Waals surface area contributed by atoms with E-state index in [1.54, 1.807) is 27.7 Å². The summed E-state index contributed by atoms with van der Waals surface area (Å²) < 4.78 is 176. The molecule has 2 nitrogen and oxygen atoms in total. The van der Waals surface area contributed by atoms with E-state index in [9.17, 15) is 61.9 Å². The Labute approximate surface area is 193 Å². The molecule has 0 radical (unpaired) electrons. The summed E-state index contributed by atoms with van der Waals surface area (Å²) >= 11 is 0. The van der Waals surface area contributed by atoms with E-state index in [2.05, 4.69) is 4.74 Å². The molecule has 0 spiro atoms. The smallest absolute Gasteiger partial charge is 0.438 e. The number of halogens is 13. The number of carbonyl (C=O) groups excluding carboxylic acids is 1. The van der Waals surface area contributed by atoms with Crippen LogP contribution in [-0.4, -0.2) is 48.4 Å². The Morgan fingerprint density at radius 2 is 1.09 bits per heavy atom. The zero-order valence-electron chi connectivity index (χ0n) is 19.6. The number of rotatable bonds is 11. The number of carbonyl (C=O) groups is 1. The van der Waals surface area contributed by atoms with Crippen molar-refractivity contribution < 1.29 is 66.6 Å². The van der Waals surface area contributed by atoms with Crippen molar-refractivity contribution in [2.24, 2.45) is 16.7 Å². The first-order chi connectivity index (χ1) is 15.1. The molecule has 210 valence electrons. The first-order valence-electron chi connectivity index (χ1n) is 10.2. The molecule has 0 aliphatic carbocycles. The van der Waals surface area contributed by atoms with E-state index in [0.29, 0.717) is 6.42 Å². The highest BCUT2D eigenvalue weighted by Crippen LogP contribution is 2.61. The predicted molar refractivity (Wildman–Crippen MR) is 98.0 cm³/mol. The zero-order chi connectivity index (χ0) is 28.7. The molecule has 0 aromatic heterocycles. The molecule has 35 heavy (non-hydrogen) atoms. The van der Waals surface area contributed by atoms with Crippen LogP contribution in [0.15, 0.2) is 0 Å². The van der Waals surface area contributed by atoms with Crippen molar-refractivity contribution in [1.82, 2.24) is 0 Å². The summed E-state index contributed by atoms with van der Waals surface area (Å²) in [6.45, 7) is 6.48. The zero-order valence-corrected chi connectivity index (χ0v) is 19.6. The van der Waals surface area contributed by atoms with Crippen molar-refractivity contribution in [2.75, 3.05) is 6.61 Å². The summed E-state index contributed by atoms with van der Waals surface area (Å²) in [5, 5.41) is 0.